The molecule has 0 saturated heterocycles. The van der Waals surface area contributed by atoms with Gasteiger partial charge in [0.25, 0.3) is 0 Å². The van der Waals surface area contributed by atoms with Crippen LogP contribution in [-0.4, -0.2) is 15.8 Å². The number of H-pyrrole nitrogens is 1. The van der Waals surface area contributed by atoms with Gasteiger partial charge in [-0.1, -0.05) is 0 Å². The van der Waals surface area contributed by atoms with Gasteiger partial charge in [0.1, 0.15) is 5.52 Å². The maximum absolute atomic E-state index is 4.27. The molecule has 0 amide bonds. The monoisotopic (exact) mass is 177 g/mol. The van der Waals surface area contributed by atoms with Gasteiger partial charge in [-0.05, 0) is 12.1 Å². The number of imidazole rings is 1. The minimum absolute atomic E-state index is 0.960. The predicted octanol–water partition coefficient (Wildman–Crippen LogP) is 2.04. The molecule has 0 atom stereocenters. The van der Waals surface area contributed by atoms with E-state index in [2.05, 4.69) is 27.4 Å². The van der Waals surface area contributed by atoms with Crippen molar-refractivity contribution in [3.05, 3.63) is 18.5 Å². The Hall–Kier alpha value is -1.16. The van der Waals surface area contributed by atoms with Crippen molar-refractivity contribution in [3.8, 4) is 0 Å². The standard InChI is InChI=1S/C8H7N3S/c1-2-6-8(12-4-11-6)7-5(1)9-3-10-7/h1-3,11H,4H2,(H,9,10). The topological polar surface area (TPSA) is 40.7 Å². The van der Waals surface area contributed by atoms with E-state index < -0.39 is 0 Å². The van der Waals surface area contributed by atoms with Crippen LogP contribution in [0.3, 0.4) is 0 Å². The number of nitrogens with one attached hydrogen (secondary N) is 2. The number of aromatic nitrogens is 2. The first-order chi connectivity index (χ1) is 5.95. The highest BCUT2D eigenvalue weighted by molar-refractivity contribution is 8.00. The summed E-state index contributed by atoms with van der Waals surface area (Å²) in [4.78, 5) is 8.64. The maximum atomic E-state index is 4.27. The van der Waals surface area contributed by atoms with Crippen LogP contribution in [0.4, 0.5) is 5.69 Å². The fourth-order valence-electron chi connectivity index (χ4n) is 1.45. The van der Waals surface area contributed by atoms with Gasteiger partial charge in [-0.25, -0.2) is 4.98 Å². The summed E-state index contributed by atoms with van der Waals surface area (Å²) in [5.74, 6) is 0.960. The first kappa shape index (κ1) is 6.37. The molecule has 1 aliphatic heterocycles. The first-order valence-electron chi connectivity index (χ1n) is 3.78. The van der Waals surface area contributed by atoms with Crippen molar-refractivity contribution in [2.24, 2.45) is 0 Å². The van der Waals surface area contributed by atoms with E-state index >= 15 is 0 Å². The Morgan fingerprint density at radius 3 is 3.42 bits per heavy atom. The molecule has 0 saturated carbocycles. The van der Waals surface area contributed by atoms with Crippen LogP contribution in [0.2, 0.25) is 0 Å². The van der Waals surface area contributed by atoms with Crippen LogP contribution < -0.4 is 5.32 Å². The lowest BCUT2D eigenvalue weighted by Crippen LogP contribution is -1.87. The lowest BCUT2D eigenvalue weighted by atomic mass is 10.3. The number of fused-ring (bicyclic) bond motifs is 3. The number of aromatic amines is 1. The van der Waals surface area contributed by atoms with E-state index in [1.807, 2.05) is 11.8 Å². The minimum Gasteiger partial charge on any atom is -0.375 e. The number of hydrogen-bond acceptors (Lipinski definition) is 3. The average molecular weight is 177 g/mol. The number of thioether (sulfide) groups is 1. The van der Waals surface area contributed by atoms with Gasteiger partial charge >= 0.3 is 0 Å². The second kappa shape index (κ2) is 2.17. The van der Waals surface area contributed by atoms with Crippen molar-refractivity contribution >= 4 is 28.5 Å². The highest BCUT2D eigenvalue weighted by Crippen LogP contribution is 2.37. The summed E-state index contributed by atoms with van der Waals surface area (Å²) in [7, 11) is 0. The van der Waals surface area contributed by atoms with E-state index in [9.17, 15) is 0 Å². The first-order valence-corrected chi connectivity index (χ1v) is 4.76. The predicted molar refractivity (Wildman–Crippen MR) is 50.4 cm³/mol. The second-order valence-corrected chi connectivity index (χ2v) is 3.69. The molecule has 1 aromatic heterocycles. The van der Waals surface area contributed by atoms with Gasteiger partial charge in [-0.15, -0.1) is 11.8 Å². The molecule has 0 spiro atoms. The molecule has 4 heteroatoms. The molecule has 0 unspecified atom stereocenters. The minimum atomic E-state index is 0.960. The van der Waals surface area contributed by atoms with Crippen LogP contribution in [0.1, 0.15) is 0 Å². The number of benzene rings is 1. The molecule has 1 aliphatic rings. The largest absolute Gasteiger partial charge is 0.375 e. The van der Waals surface area contributed by atoms with Gasteiger partial charge < -0.3 is 10.3 Å². The summed E-state index contributed by atoms with van der Waals surface area (Å²) in [6, 6.07) is 4.15. The fourth-order valence-corrected chi connectivity index (χ4v) is 2.42. The summed E-state index contributed by atoms with van der Waals surface area (Å²) < 4.78 is 0. The summed E-state index contributed by atoms with van der Waals surface area (Å²) in [5, 5.41) is 3.29. The van der Waals surface area contributed by atoms with E-state index in [0.717, 1.165) is 16.9 Å². The number of rotatable bonds is 0. The van der Waals surface area contributed by atoms with E-state index in [1.165, 1.54) is 10.6 Å². The molecule has 0 bridgehead atoms. The highest BCUT2D eigenvalue weighted by Gasteiger charge is 2.14. The zero-order chi connectivity index (χ0) is 7.97. The Morgan fingerprint density at radius 1 is 1.42 bits per heavy atom. The van der Waals surface area contributed by atoms with Gasteiger partial charge in [-0.2, -0.15) is 0 Å². The molecule has 2 N–H and O–H groups in total. The normalized spacial score (nSPS) is 14.7. The molecule has 2 heterocycles. The van der Waals surface area contributed by atoms with Crippen molar-refractivity contribution in [1.82, 2.24) is 9.97 Å². The van der Waals surface area contributed by atoms with Crippen LogP contribution in [0.15, 0.2) is 23.4 Å². The van der Waals surface area contributed by atoms with Crippen LogP contribution in [0.5, 0.6) is 0 Å². The molecule has 2 aromatic rings. The molecular formula is C8H7N3S. The Bertz CT molecular complexity index is 435. The van der Waals surface area contributed by atoms with Crippen molar-refractivity contribution < 1.29 is 0 Å². The van der Waals surface area contributed by atoms with E-state index in [4.69, 9.17) is 0 Å². The fraction of sp³-hybridized carbons (Fsp3) is 0.125. The Labute approximate surface area is 73.6 Å². The molecule has 12 heavy (non-hydrogen) atoms. The van der Waals surface area contributed by atoms with Crippen molar-refractivity contribution in [2.75, 3.05) is 11.2 Å². The molecule has 60 valence electrons. The molecule has 3 rings (SSSR count). The van der Waals surface area contributed by atoms with Crippen LogP contribution >= 0.6 is 11.8 Å². The summed E-state index contributed by atoms with van der Waals surface area (Å²) >= 11 is 1.81. The number of hydrogen-bond donors (Lipinski definition) is 2. The molecule has 3 nitrogen and oxygen atoms in total. The van der Waals surface area contributed by atoms with Crippen molar-refractivity contribution in [3.63, 3.8) is 0 Å². The Morgan fingerprint density at radius 2 is 2.42 bits per heavy atom. The average Bonchev–Trinajstić information content (AvgIpc) is 2.71. The third-order valence-corrected chi connectivity index (χ3v) is 3.01. The van der Waals surface area contributed by atoms with Crippen molar-refractivity contribution in [2.45, 2.75) is 4.90 Å². The Balaban J connectivity index is 2.46. The van der Waals surface area contributed by atoms with E-state index in [1.54, 1.807) is 6.33 Å². The number of nitrogens with zero attached hydrogens (tertiary/aromatic N) is 1. The molecule has 0 aliphatic carbocycles. The lowest BCUT2D eigenvalue weighted by Gasteiger charge is -1.96. The lowest BCUT2D eigenvalue weighted by molar-refractivity contribution is 1.33. The van der Waals surface area contributed by atoms with Crippen LogP contribution in [0.25, 0.3) is 11.0 Å². The van der Waals surface area contributed by atoms with Gasteiger partial charge in [-0.3, -0.25) is 0 Å². The van der Waals surface area contributed by atoms with Crippen LogP contribution in [0, 0.1) is 0 Å². The van der Waals surface area contributed by atoms with Gasteiger partial charge in [0.2, 0.25) is 0 Å². The highest BCUT2D eigenvalue weighted by atomic mass is 32.2. The Kier molecular flexibility index (Phi) is 1.15. The molecule has 1 aromatic carbocycles. The smallest absolute Gasteiger partial charge is 0.104 e. The van der Waals surface area contributed by atoms with E-state index in [-0.39, 0.29) is 0 Å². The maximum Gasteiger partial charge on any atom is 0.104 e. The quantitative estimate of drug-likeness (QED) is 0.647. The van der Waals surface area contributed by atoms with Gasteiger partial charge in [0.05, 0.1) is 28.3 Å². The van der Waals surface area contributed by atoms with Crippen LogP contribution in [-0.2, 0) is 0 Å². The third kappa shape index (κ3) is 0.701. The molecular weight excluding hydrogens is 170 g/mol. The SMILES string of the molecule is c1nc2c3c(ccc2[nH]1)NCS3. The second-order valence-electron chi connectivity index (χ2n) is 2.71. The molecule has 0 fully saturated rings. The van der Waals surface area contributed by atoms with Gasteiger partial charge in [0.15, 0.2) is 0 Å². The molecule has 0 radical (unpaired) electrons. The summed E-state index contributed by atoms with van der Waals surface area (Å²) in [6.45, 7) is 0. The zero-order valence-electron chi connectivity index (χ0n) is 6.29. The summed E-state index contributed by atoms with van der Waals surface area (Å²) in [6.07, 6.45) is 1.74. The number of anilines is 1. The zero-order valence-corrected chi connectivity index (χ0v) is 7.11. The third-order valence-electron chi connectivity index (χ3n) is 2.02. The van der Waals surface area contributed by atoms with Crippen molar-refractivity contribution in [1.29, 1.82) is 0 Å². The van der Waals surface area contributed by atoms with Gasteiger partial charge in [0, 0.05) is 0 Å². The summed E-state index contributed by atoms with van der Waals surface area (Å²) in [5.41, 5.74) is 3.41. The van der Waals surface area contributed by atoms with E-state index in [0.29, 0.717) is 0 Å².